The Labute approximate surface area is 140 Å². The van der Waals surface area contributed by atoms with Gasteiger partial charge < -0.3 is 24.4 Å². The second-order valence-electron chi connectivity index (χ2n) is 5.97. The van der Waals surface area contributed by atoms with E-state index < -0.39 is 6.10 Å². The summed E-state index contributed by atoms with van der Waals surface area (Å²) in [5.74, 6) is -0.00505. The molecular weight excluding hydrogens is 312 g/mol. The van der Waals surface area contributed by atoms with Crippen molar-refractivity contribution >= 4 is 17.6 Å². The molecule has 1 saturated heterocycles. The van der Waals surface area contributed by atoms with Gasteiger partial charge >= 0.3 is 5.97 Å². The van der Waals surface area contributed by atoms with Gasteiger partial charge in [-0.1, -0.05) is 13.0 Å². The van der Waals surface area contributed by atoms with Gasteiger partial charge in [-0.15, -0.1) is 0 Å². The van der Waals surface area contributed by atoms with Gasteiger partial charge in [0, 0.05) is 13.1 Å². The van der Waals surface area contributed by atoms with Gasteiger partial charge in [-0.05, 0) is 24.1 Å². The Balaban J connectivity index is 1.81. The number of hydrogen-bond donors (Lipinski definition) is 1. The zero-order valence-electron chi connectivity index (χ0n) is 13.7. The molecule has 2 aliphatic heterocycles. The number of carbonyl (C=O) groups excluding carboxylic acids is 2. The van der Waals surface area contributed by atoms with E-state index in [9.17, 15) is 14.7 Å². The van der Waals surface area contributed by atoms with Gasteiger partial charge in [0.05, 0.1) is 31.5 Å². The normalized spacial score (nSPS) is 18.8. The number of anilines is 1. The highest BCUT2D eigenvalue weighted by molar-refractivity contribution is 5.89. The van der Waals surface area contributed by atoms with Crippen molar-refractivity contribution in [1.29, 1.82) is 0 Å². The minimum absolute atomic E-state index is 0.0226. The Morgan fingerprint density at radius 2 is 2.08 bits per heavy atom. The predicted octanol–water partition coefficient (Wildman–Crippen LogP) is 0.714. The third kappa shape index (κ3) is 3.52. The van der Waals surface area contributed by atoms with E-state index in [4.69, 9.17) is 9.47 Å². The van der Waals surface area contributed by atoms with Crippen LogP contribution in [0.15, 0.2) is 18.2 Å². The zero-order chi connectivity index (χ0) is 17.1. The van der Waals surface area contributed by atoms with E-state index in [1.807, 2.05) is 6.92 Å². The van der Waals surface area contributed by atoms with Crippen molar-refractivity contribution in [1.82, 2.24) is 4.90 Å². The van der Waals surface area contributed by atoms with Crippen LogP contribution in [0.1, 0.15) is 25.0 Å². The number of benzene rings is 1. The number of ether oxygens (including phenoxy) is 2. The Hall–Kier alpha value is -2.12. The lowest BCUT2D eigenvalue weighted by atomic mass is 10.0. The molecule has 3 rings (SSSR count). The quantitative estimate of drug-likeness (QED) is 0.645. The SMILES string of the molecule is CCC(O)c1ccc2c(c1)N(CC(=O)N1CCOCC1)CC(=O)O2. The molecule has 1 aromatic carbocycles. The van der Waals surface area contributed by atoms with Crippen LogP contribution in [0.3, 0.4) is 0 Å². The van der Waals surface area contributed by atoms with Crippen molar-refractivity contribution in [2.24, 2.45) is 0 Å². The number of morpholine rings is 1. The fourth-order valence-corrected chi connectivity index (χ4v) is 2.92. The molecule has 130 valence electrons. The van der Waals surface area contributed by atoms with E-state index in [0.717, 1.165) is 5.56 Å². The van der Waals surface area contributed by atoms with Gasteiger partial charge in [0.1, 0.15) is 6.54 Å². The first-order chi connectivity index (χ1) is 11.6. The summed E-state index contributed by atoms with van der Waals surface area (Å²) >= 11 is 0. The van der Waals surface area contributed by atoms with Crippen LogP contribution in [-0.2, 0) is 14.3 Å². The maximum Gasteiger partial charge on any atom is 0.331 e. The minimum atomic E-state index is -0.579. The second kappa shape index (κ2) is 7.19. The van der Waals surface area contributed by atoms with Crippen molar-refractivity contribution in [3.8, 4) is 5.75 Å². The van der Waals surface area contributed by atoms with Crippen LogP contribution >= 0.6 is 0 Å². The molecule has 2 heterocycles. The van der Waals surface area contributed by atoms with Crippen LogP contribution in [0.5, 0.6) is 5.75 Å². The highest BCUT2D eigenvalue weighted by Gasteiger charge is 2.28. The summed E-state index contributed by atoms with van der Waals surface area (Å²) in [5, 5.41) is 10.0. The van der Waals surface area contributed by atoms with Crippen LogP contribution in [0.4, 0.5) is 5.69 Å². The molecule has 0 aromatic heterocycles. The molecule has 0 spiro atoms. The number of aliphatic hydroxyl groups is 1. The summed E-state index contributed by atoms with van der Waals surface area (Å²) in [6, 6.07) is 5.21. The number of nitrogens with zero attached hydrogens (tertiary/aromatic N) is 2. The molecule has 1 aromatic rings. The molecule has 1 atom stereocenters. The predicted molar refractivity (Wildman–Crippen MR) is 86.9 cm³/mol. The monoisotopic (exact) mass is 334 g/mol. The third-order valence-corrected chi connectivity index (χ3v) is 4.33. The summed E-state index contributed by atoms with van der Waals surface area (Å²) in [6.45, 7) is 4.23. The molecule has 0 aliphatic carbocycles. The molecule has 24 heavy (non-hydrogen) atoms. The summed E-state index contributed by atoms with van der Waals surface area (Å²) in [4.78, 5) is 27.8. The van der Waals surface area contributed by atoms with Crippen LogP contribution in [-0.4, -0.2) is 61.3 Å². The molecule has 1 unspecified atom stereocenters. The summed E-state index contributed by atoms with van der Waals surface area (Å²) in [5.41, 5.74) is 1.42. The molecule has 0 saturated carbocycles. The van der Waals surface area contributed by atoms with Crippen molar-refractivity contribution in [3.63, 3.8) is 0 Å². The first-order valence-electron chi connectivity index (χ1n) is 8.21. The molecular formula is C17H22N2O5. The standard InChI is InChI=1S/C17H22N2O5/c1-2-14(20)12-3-4-15-13(9-12)19(11-17(22)24-15)10-16(21)18-5-7-23-8-6-18/h3-4,9,14,20H,2,5-8,10-11H2,1H3. The molecule has 1 fully saturated rings. The number of hydrogen-bond acceptors (Lipinski definition) is 6. The van der Waals surface area contributed by atoms with Crippen LogP contribution in [0.25, 0.3) is 0 Å². The minimum Gasteiger partial charge on any atom is -0.423 e. The second-order valence-corrected chi connectivity index (χ2v) is 5.97. The van der Waals surface area contributed by atoms with E-state index in [1.165, 1.54) is 0 Å². The number of aliphatic hydroxyl groups excluding tert-OH is 1. The Kier molecular flexibility index (Phi) is 5.01. The van der Waals surface area contributed by atoms with Gasteiger partial charge in [-0.2, -0.15) is 0 Å². The van der Waals surface area contributed by atoms with Gasteiger partial charge in [-0.25, -0.2) is 4.79 Å². The third-order valence-electron chi connectivity index (χ3n) is 4.33. The summed E-state index contributed by atoms with van der Waals surface area (Å²) in [7, 11) is 0. The lowest BCUT2D eigenvalue weighted by Crippen LogP contribution is -2.48. The van der Waals surface area contributed by atoms with Gasteiger partial charge in [-0.3, -0.25) is 4.79 Å². The first-order valence-corrected chi connectivity index (χ1v) is 8.21. The smallest absolute Gasteiger partial charge is 0.331 e. The molecule has 7 heteroatoms. The van der Waals surface area contributed by atoms with E-state index in [1.54, 1.807) is 28.0 Å². The molecule has 0 radical (unpaired) electrons. The fraction of sp³-hybridized carbons (Fsp3) is 0.529. The average molecular weight is 334 g/mol. The molecule has 1 amide bonds. The topological polar surface area (TPSA) is 79.3 Å². The Bertz CT molecular complexity index is 627. The highest BCUT2D eigenvalue weighted by atomic mass is 16.5. The van der Waals surface area contributed by atoms with Gasteiger partial charge in [0.15, 0.2) is 5.75 Å². The van der Waals surface area contributed by atoms with Crippen molar-refractivity contribution in [3.05, 3.63) is 23.8 Å². The zero-order valence-corrected chi connectivity index (χ0v) is 13.7. The van der Waals surface area contributed by atoms with E-state index >= 15 is 0 Å². The van der Waals surface area contributed by atoms with E-state index in [-0.39, 0.29) is 25.0 Å². The number of amides is 1. The molecule has 1 N–H and O–H groups in total. The van der Waals surface area contributed by atoms with Crippen LogP contribution in [0.2, 0.25) is 0 Å². The lowest BCUT2D eigenvalue weighted by Gasteiger charge is -2.33. The molecule has 2 aliphatic rings. The van der Waals surface area contributed by atoms with E-state index in [0.29, 0.717) is 44.2 Å². The van der Waals surface area contributed by atoms with Crippen molar-refractivity contribution in [2.45, 2.75) is 19.4 Å². The number of esters is 1. The number of fused-ring (bicyclic) bond motifs is 1. The fourth-order valence-electron chi connectivity index (χ4n) is 2.92. The first kappa shape index (κ1) is 16.7. The number of carbonyl (C=O) groups is 2. The van der Waals surface area contributed by atoms with Crippen molar-refractivity contribution in [2.75, 3.05) is 44.3 Å². The molecule has 0 bridgehead atoms. The summed E-state index contributed by atoms with van der Waals surface area (Å²) < 4.78 is 10.5. The van der Waals surface area contributed by atoms with Gasteiger partial charge in [0.25, 0.3) is 0 Å². The maximum atomic E-state index is 12.5. The Morgan fingerprint density at radius 3 is 2.79 bits per heavy atom. The highest BCUT2D eigenvalue weighted by Crippen LogP contribution is 2.35. The Morgan fingerprint density at radius 1 is 1.33 bits per heavy atom. The van der Waals surface area contributed by atoms with E-state index in [2.05, 4.69) is 0 Å². The maximum absolute atomic E-state index is 12.5. The van der Waals surface area contributed by atoms with Gasteiger partial charge in [0.2, 0.25) is 5.91 Å². The summed E-state index contributed by atoms with van der Waals surface area (Å²) in [6.07, 6.45) is 0.00961. The lowest BCUT2D eigenvalue weighted by molar-refractivity contribution is -0.134. The van der Waals surface area contributed by atoms with Crippen LogP contribution in [0, 0.1) is 0 Å². The largest absolute Gasteiger partial charge is 0.423 e. The average Bonchev–Trinajstić information content (AvgIpc) is 2.61. The number of rotatable bonds is 4. The van der Waals surface area contributed by atoms with Crippen molar-refractivity contribution < 1.29 is 24.2 Å². The van der Waals surface area contributed by atoms with Crippen LogP contribution < -0.4 is 9.64 Å². The molecule has 7 nitrogen and oxygen atoms in total.